The lowest BCUT2D eigenvalue weighted by molar-refractivity contribution is -0.142. The molecule has 4 rings (SSSR count). The fraction of sp³-hybridized carbons (Fsp3) is 0.698. The van der Waals surface area contributed by atoms with Crippen LogP contribution >= 0.6 is 0 Å². The van der Waals surface area contributed by atoms with Crippen LogP contribution in [0.4, 0.5) is 0 Å². The van der Waals surface area contributed by atoms with Crippen LogP contribution in [-0.4, -0.2) is 93.9 Å². The average Bonchev–Trinajstić information content (AvgIpc) is 4.02. The summed E-state index contributed by atoms with van der Waals surface area (Å²) in [5.41, 5.74) is 0. The largest absolute Gasteiger partial charge is 0.481 e. The van der Waals surface area contributed by atoms with E-state index in [0.29, 0.717) is 57.1 Å². The van der Waals surface area contributed by atoms with E-state index in [1.54, 1.807) is 0 Å². The summed E-state index contributed by atoms with van der Waals surface area (Å²) in [6.07, 6.45) is 29.2. The number of aliphatic hydroxyl groups is 2. The Morgan fingerprint density at radius 2 is 0.642 bits per heavy atom. The lowest BCUT2D eigenvalue weighted by Crippen LogP contribution is -2.18. The second-order valence-electron chi connectivity index (χ2n) is 16.5. The Hall–Kier alpha value is -4.56. The molecule has 14 nitrogen and oxygen atoms in total. The van der Waals surface area contributed by atoms with Crippen LogP contribution in [0.2, 0.25) is 0 Å². The minimum Gasteiger partial charge on any atom is -0.481 e. The fourth-order valence-corrected chi connectivity index (χ4v) is 8.79. The normalized spacial score (nSPS) is 23.9. The van der Waals surface area contributed by atoms with Crippen LogP contribution in [0.3, 0.4) is 0 Å². The number of esters is 1. The molecule has 0 saturated heterocycles. The van der Waals surface area contributed by atoms with Gasteiger partial charge in [-0.3, -0.25) is 38.4 Å². The van der Waals surface area contributed by atoms with Gasteiger partial charge < -0.3 is 30.3 Å². The number of aliphatic carboxylic acids is 3. The van der Waals surface area contributed by atoms with Gasteiger partial charge in [0.05, 0.1) is 7.11 Å². The summed E-state index contributed by atoms with van der Waals surface area (Å²) >= 11 is 0. The van der Waals surface area contributed by atoms with Crippen molar-refractivity contribution in [3.05, 3.63) is 48.6 Å². The number of carboxylic acid groups (broad SMARTS) is 3. The zero-order valence-corrected chi connectivity index (χ0v) is 40.3. The Balaban J connectivity index is -0.000000381. The third-order valence-electron chi connectivity index (χ3n) is 12.1. The van der Waals surface area contributed by atoms with Gasteiger partial charge in [0.15, 0.2) is 0 Å². The highest BCUT2D eigenvalue weighted by atomic mass is 16.5. The Labute approximate surface area is 402 Å². The summed E-state index contributed by atoms with van der Waals surface area (Å²) < 4.78 is 4.65. The molecule has 14 heteroatoms. The molecule has 0 bridgehead atoms. The standard InChI is InChI=1S/C13H20O3.3C12H18O3.2CH4O.2CH4/c1-3-4-5-6-11-10(7-8-12(11)14)9-13(15)16-2;3*1-2-3-4-5-10-9(8-12(14)15)6-7-11(10)13;2*1-2;;/h4-5,10-11H,3,6-9H2,1-2H3;3*3-4,9-10H,2,5-8H2,1H3,(H,14,15);2*2H,1H3;2*1H4/b5-4+;4-3+;2*4-3-;;;;/t10-,11+;3*9-,10+;;;;/m0000..../s1. The highest BCUT2D eigenvalue weighted by Crippen LogP contribution is 2.37. The first kappa shape index (κ1) is 69.0. The Morgan fingerprint density at radius 3 is 0.821 bits per heavy atom. The number of hydrogen-bond donors (Lipinski definition) is 5. The molecule has 8 atom stereocenters. The molecule has 4 aliphatic carbocycles. The zero-order chi connectivity index (χ0) is 49.7. The van der Waals surface area contributed by atoms with Crippen LogP contribution in [0.1, 0.15) is 171 Å². The van der Waals surface area contributed by atoms with Gasteiger partial charge in [-0.05, 0) is 101 Å². The predicted molar refractivity (Wildman–Crippen MR) is 264 cm³/mol. The maximum absolute atomic E-state index is 11.7. The summed E-state index contributed by atoms with van der Waals surface area (Å²) in [5, 5.41) is 40.2. The number of hydrogen-bond acceptors (Lipinski definition) is 11. The van der Waals surface area contributed by atoms with Gasteiger partial charge in [-0.15, -0.1) is 0 Å². The first-order valence-corrected chi connectivity index (χ1v) is 23.5. The molecule has 0 spiro atoms. The Bertz CT molecular complexity index is 1410. The van der Waals surface area contributed by atoms with Gasteiger partial charge in [0.2, 0.25) is 0 Å². The summed E-state index contributed by atoms with van der Waals surface area (Å²) in [5.74, 6) is -1.35. The topological polar surface area (TPSA) is 247 Å². The molecule has 4 aliphatic rings. The van der Waals surface area contributed by atoms with E-state index < -0.39 is 17.9 Å². The Kier molecular flexibility index (Phi) is 44.1. The first-order chi connectivity index (χ1) is 31.1. The molecule has 67 heavy (non-hydrogen) atoms. The van der Waals surface area contributed by atoms with E-state index in [1.807, 2.05) is 57.2 Å². The lowest BCUT2D eigenvalue weighted by Gasteiger charge is -2.15. The van der Waals surface area contributed by atoms with Crippen molar-refractivity contribution >= 4 is 47.0 Å². The Morgan fingerprint density at radius 1 is 0.433 bits per heavy atom. The summed E-state index contributed by atoms with van der Waals surface area (Å²) in [6, 6.07) is 0. The van der Waals surface area contributed by atoms with Crippen molar-refractivity contribution in [2.24, 2.45) is 47.3 Å². The van der Waals surface area contributed by atoms with Gasteiger partial charge in [0.25, 0.3) is 0 Å². The molecule has 0 aliphatic heterocycles. The van der Waals surface area contributed by atoms with Gasteiger partial charge in [0, 0.05) is 89.3 Å². The molecule has 0 aromatic carbocycles. The lowest BCUT2D eigenvalue weighted by atomic mass is 9.89. The van der Waals surface area contributed by atoms with E-state index in [1.165, 1.54) is 7.11 Å². The molecule has 4 saturated carbocycles. The molecule has 0 aromatic rings. The van der Waals surface area contributed by atoms with Crippen molar-refractivity contribution in [1.29, 1.82) is 0 Å². The van der Waals surface area contributed by atoms with Crippen molar-refractivity contribution < 1.29 is 68.6 Å². The van der Waals surface area contributed by atoms with Gasteiger partial charge in [0.1, 0.15) is 23.1 Å². The van der Waals surface area contributed by atoms with Crippen molar-refractivity contribution in [3.8, 4) is 0 Å². The maximum Gasteiger partial charge on any atom is 0.305 e. The van der Waals surface area contributed by atoms with Crippen LogP contribution in [0.5, 0.6) is 0 Å². The number of carbonyl (C=O) groups is 8. The predicted octanol–water partition coefficient (Wildman–Crippen LogP) is 10.2. The molecule has 0 amide bonds. The number of carbonyl (C=O) groups excluding carboxylic acids is 5. The van der Waals surface area contributed by atoms with Gasteiger partial charge >= 0.3 is 23.9 Å². The average molecular weight is 951 g/mol. The highest BCUT2D eigenvalue weighted by Gasteiger charge is 2.37. The van der Waals surface area contributed by atoms with E-state index >= 15 is 0 Å². The number of rotatable bonds is 20. The number of allylic oxidation sites excluding steroid dienone is 8. The van der Waals surface area contributed by atoms with E-state index in [0.717, 1.165) is 72.0 Å². The molecule has 386 valence electrons. The molecule has 0 aromatic heterocycles. The summed E-state index contributed by atoms with van der Waals surface area (Å²) in [6.45, 7) is 8.20. The SMILES string of the molecule is C.C.CC/C=C/C[C@H]1C(=O)CC[C@H]1CC(=O)O.CC/C=C/C[C@H]1C(=O)CC[C@H]1CC(=O)OC.CC/C=C\C[C@H]1C(=O)CC[C@H]1CC(=O)O.CC/C=C\C[C@H]1C(=O)CC[C@H]1CC(=O)O.CO.CO. The molecule has 0 heterocycles. The highest BCUT2D eigenvalue weighted by molar-refractivity contribution is 5.86. The van der Waals surface area contributed by atoms with Crippen LogP contribution in [0.15, 0.2) is 48.6 Å². The van der Waals surface area contributed by atoms with E-state index in [4.69, 9.17) is 25.5 Å². The summed E-state index contributed by atoms with van der Waals surface area (Å²) in [7, 11) is 3.39. The number of methoxy groups -OCH3 is 1. The van der Waals surface area contributed by atoms with Gasteiger partial charge in [-0.25, -0.2) is 0 Å². The second-order valence-corrected chi connectivity index (χ2v) is 16.5. The number of carboxylic acids is 3. The molecule has 0 radical (unpaired) electrons. The molecular weight excluding hydrogens is 861 g/mol. The third kappa shape index (κ3) is 29.7. The monoisotopic (exact) mass is 951 g/mol. The number of ketones is 4. The van der Waals surface area contributed by atoms with E-state index in [2.05, 4.69) is 23.8 Å². The molecule has 5 N–H and O–H groups in total. The van der Waals surface area contributed by atoms with Crippen LogP contribution < -0.4 is 0 Å². The smallest absolute Gasteiger partial charge is 0.305 e. The van der Waals surface area contributed by atoms with Crippen LogP contribution in [-0.2, 0) is 43.1 Å². The van der Waals surface area contributed by atoms with Crippen LogP contribution in [0, 0.1) is 47.3 Å². The van der Waals surface area contributed by atoms with Crippen molar-refractivity contribution in [2.75, 3.05) is 21.3 Å². The summed E-state index contributed by atoms with van der Waals surface area (Å²) in [4.78, 5) is 89.3. The second kappa shape index (κ2) is 42.8. The fourth-order valence-electron chi connectivity index (χ4n) is 8.79. The molecular formula is C53H90O14. The number of Topliss-reactive ketones (excluding diaryl/α,β-unsaturated/α-hetero) is 4. The van der Waals surface area contributed by atoms with Crippen molar-refractivity contribution in [2.45, 2.75) is 171 Å². The third-order valence-corrected chi connectivity index (χ3v) is 12.1. The number of aliphatic hydroxyl groups excluding tert-OH is 2. The maximum atomic E-state index is 11.7. The molecule has 0 unspecified atom stereocenters. The number of ether oxygens (including phenoxy) is 1. The van der Waals surface area contributed by atoms with E-state index in [-0.39, 0.29) is 105 Å². The minimum atomic E-state index is -0.792. The first-order valence-electron chi connectivity index (χ1n) is 23.5. The van der Waals surface area contributed by atoms with Gasteiger partial charge in [-0.1, -0.05) is 91.2 Å². The van der Waals surface area contributed by atoms with Gasteiger partial charge in [-0.2, -0.15) is 0 Å². The van der Waals surface area contributed by atoms with Crippen molar-refractivity contribution in [1.82, 2.24) is 0 Å². The minimum absolute atomic E-state index is 0. The zero-order valence-electron chi connectivity index (χ0n) is 40.3. The van der Waals surface area contributed by atoms with Crippen LogP contribution in [0.25, 0.3) is 0 Å². The molecule has 4 fully saturated rings. The quantitative estimate of drug-likeness (QED) is 0.0563. The van der Waals surface area contributed by atoms with Crippen molar-refractivity contribution in [3.63, 3.8) is 0 Å². The van der Waals surface area contributed by atoms with E-state index in [9.17, 15) is 38.4 Å².